The molecular weight excluding hydrogens is 272 g/mol. The van der Waals surface area contributed by atoms with E-state index in [1.807, 2.05) is 0 Å². The van der Waals surface area contributed by atoms with Gasteiger partial charge in [0.2, 0.25) is 0 Å². The number of rotatable bonds is 3. The topological polar surface area (TPSA) is 124 Å². The lowest BCUT2D eigenvalue weighted by atomic mass is 9.82. The molecule has 0 bridgehead atoms. The van der Waals surface area contributed by atoms with E-state index in [1.165, 1.54) is 0 Å². The lowest BCUT2D eigenvalue weighted by molar-refractivity contribution is -0.796. The molecular formula is C7H6N2O6S2. The van der Waals surface area contributed by atoms with Crippen molar-refractivity contribution in [3.05, 3.63) is 20.2 Å². The summed E-state index contributed by atoms with van der Waals surface area (Å²) in [6.45, 7) is 0. The third kappa shape index (κ3) is 1.09. The van der Waals surface area contributed by atoms with E-state index in [1.54, 1.807) is 0 Å². The van der Waals surface area contributed by atoms with Gasteiger partial charge in [-0.3, -0.25) is 25.0 Å². The van der Waals surface area contributed by atoms with Crippen molar-refractivity contribution in [1.29, 1.82) is 0 Å². The number of hydrogen-bond acceptors (Lipinski definition) is 7. The van der Waals surface area contributed by atoms with Gasteiger partial charge in [0.25, 0.3) is 0 Å². The minimum Gasteiger partial charge on any atom is -0.480 e. The van der Waals surface area contributed by atoms with Gasteiger partial charge in [0.05, 0.1) is 9.85 Å². The minimum absolute atomic E-state index is 0.206. The van der Waals surface area contributed by atoms with E-state index >= 15 is 0 Å². The van der Waals surface area contributed by atoms with Gasteiger partial charge in [-0.05, 0) is 0 Å². The summed E-state index contributed by atoms with van der Waals surface area (Å²) >= 11 is 2.27. The van der Waals surface area contributed by atoms with Gasteiger partial charge in [0.1, 0.15) is 11.2 Å². The van der Waals surface area contributed by atoms with Crippen LogP contribution in [0.25, 0.3) is 0 Å². The summed E-state index contributed by atoms with van der Waals surface area (Å²) in [5, 5.41) is 30.0. The Labute approximate surface area is 102 Å². The Morgan fingerprint density at radius 3 is 2.35 bits per heavy atom. The third-order valence-corrected chi connectivity index (χ3v) is 6.91. The highest BCUT2D eigenvalue weighted by molar-refractivity contribution is 8.14. The maximum atomic E-state index is 11.1. The monoisotopic (exact) mass is 278 g/mol. The van der Waals surface area contributed by atoms with Crippen molar-refractivity contribution in [3.8, 4) is 0 Å². The molecule has 92 valence electrons. The molecule has 3 aliphatic rings. The second kappa shape index (κ2) is 2.86. The Balaban J connectivity index is 2.05. The fourth-order valence-corrected chi connectivity index (χ4v) is 5.95. The summed E-state index contributed by atoms with van der Waals surface area (Å²) in [7, 11) is 0. The molecule has 2 heterocycles. The summed E-state index contributed by atoms with van der Waals surface area (Å²) < 4.78 is -1.31. The number of nitro groups is 2. The predicted octanol–water partition coefficient (Wildman–Crippen LogP) is 0.0626. The van der Waals surface area contributed by atoms with Crippen LogP contribution in [0.4, 0.5) is 0 Å². The smallest absolute Gasteiger partial charge is 0.473 e. The molecule has 1 saturated carbocycles. The molecule has 8 nitrogen and oxygen atoms in total. The lowest BCUT2D eigenvalue weighted by Gasteiger charge is -2.22. The molecule has 0 aromatic rings. The first-order valence-electron chi connectivity index (χ1n) is 4.72. The van der Waals surface area contributed by atoms with Crippen LogP contribution in [0.2, 0.25) is 0 Å². The molecule has 0 radical (unpaired) electrons. The van der Waals surface area contributed by atoms with E-state index in [0.29, 0.717) is 0 Å². The van der Waals surface area contributed by atoms with Crippen LogP contribution in [-0.2, 0) is 4.79 Å². The van der Waals surface area contributed by atoms with Crippen LogP contribution in [0.1, 0.15) is 6.42 Å². The van der Waals surface area contributed by atoms with Crippen LogP contribution in [0.3, 0.4) is 0 Å². The summed E-state index contributed by atoms with van der Waals surface area (Å²) in [6.07, 6.45) is -0.515. The number of hydrogen-bond donors (Lipinski definition) is 1. The maximum absolute atomic E-state index is 11.1. The average Bonchev–Trinajstić information content (AvgIpc) is 3.08. The normalized spacial score (nSPS) is 44.1. The number of carbonyl (C=O) groups is 1. The van der Waals surface area contributed by atoms with Crippen molar-refractivity contribution < 1.29 is 19.7 Å². The second-order valence-electron chi connectivity index (χ2n) is 4.32. The minimum atomic E-state index is -2.33. The first kappa shape index (κ1) is 11.1. The van der Waals surface area contributed by atoms with Crippen LogP contribution < -0.4 is 0 Å². The van der Waals surface area contributed by atoms with Gasteiger partial charge in [0, 0.05) is 10.5 Å². The molecule has 0 aromatic carbocycles. The zero-order chi connectivity index (χ0) is 12.6. The molecule has 4 unspecified atom stereocenters. The highest BCUT2D eigenvalue weighted by atomic mass is 32.2. The third-order valence-electron chi connectivity index (χ3n) is 3.54. The van der Waals surface area contributed by atoms with Gasteiger partial charge in [-0.25, -0.2) is 0 Å². The Bertz CT molecular complexity index is 455. The summed E-state index contributed by atoms with van der Waals surface area (Å²) in [4.78, 5) is 31.4. The first-order valence-corrected chi connectivity index (χ1v) is 6.54. The van der Waals surface area contributed by atoms with Crippen molar-refractivity contribution in [3.63, 3.8) is 0 Å². The molecule has 0 aromatic heterocycles. The molecule has 10 heteroatoms. The van der Waals surface area contributed by atoms with Gasteiger partial charge in [-0.2, -0.15) is 0 Å². The molecule has 2 aliphatic heterocycles. The Kier molecular flexibility index (Phi) is 1.86. The molecule has 1 N–H and O–H groups in total. The molecule has 1 aliphatic carbocycles. The Morgan fingerprint density at radius 2 is 1.88 bits per heavy atom. The van der Waals surface area contributed by atoms with Crippen LogP contribution in [0, 0.1) is 20.2 Å². The number of fused-ring (bicyclic) bond motifs is 3. The van der Waals surface area contributed by atoms with Crippen LogP contribution >= 0.6 is 23.5 Å². The van der Waals surface area contributed by atoms with E-state index < -0.39 is 37.9 Å². The average molecular weight is 278 g/mol. The van der Waals surface area contributed by atoms with Crippen LogP contribution in [-0.4, -0.2) is 47.1 Å². The Morgan fingerprint density at radius 1 is 1.29 bits per heavy atom. The number of thioether (sulfide) groups is 2. The fraction of sp³-hybridized carbons (Fsp3) is 0.857. The highest BCUT2D eigenvalue weighted by Crippen LogP contribution is 2.74. The van der Waals surface area contributed by atoms with Crippen molar-refractivity contribution in [2.45, 2.75) is 32.6 Å². The lowest BCUT2D eigenvalue weighted by Crippen LogP contribution is -2.58. The van der Waals surface area contributed by atoms with E-state index in [0.717, 1.165) is 23.5 Å². The predicted molar refractivity (Wildman–Crippen MR) is 58.2 cm³/mol. The fourth-order valence-electron chi connectivity index (χ4n) is 2.53. The van der Waals surface area contributed by atoms with Gasteiger partial charge in [-0.15, -0.1) is 23.5 Å². The molecule has 3 fully saturated rings. The van der Waals surface area contributed by atoms with Crippen molar-refractivity contribution in [2.75, 3.05) is 0 Å². The van der Waals surface area contributed by atoms with Gasteiger partial charge in [-0.1, -0.05) is 0 Å². The SMILES string of the molecule is O=C(O)C12CC([N+](=O)[O-])([N+](=O)[O-])C3SC3C1S2. The molecule has 2 saturated heterocycles. The van der Waals surface area contributed by atoms with E-state index in [2.05, 4.69) is 0 Å². The molecule has 0 spiro atoms. The second-order valence-corrected chi connectivity index (χ2v) is 7.12. The van der Waals surface area contributed by atoms with Crippen molar-refractivity contribution in [2.24, 2.45) is 0 Å². The molecule has 3 rings (SSSR count). The van der Waals surface area contributed by atoms with E-state index in [4.69, 9.17) is 5.11 Å². The van der Waals surface area contributed by atoms with E-state index in [9.17, 15) is 25.0 Å². The summed E-state index contributed by atoms with van der Waals surface area (Å²) in [6, 6.07) is 0. The van der Waals surface area contributed by atoms with Crippen molar-refractivity contribution in [1.82, 2.24) is 0 Å². The molecule has 17 heavy (non-hydrogen) atoms. The number of aliphatic carboxylic acids is 1. The highest BCUT2D eigenvalue weighted by Gasteiger charge is 2.89. The van der Waals surface area contributed by atoms with Crippen LogP contribution in [0.15, 0.2) is 0 Å². The first-order chi connectivity index (χ1) is 7.86. The number of carboxylic acid groups (broad SMARTS) is 1. The Hall–Kier alpha value is -1.03. The van der Waals surface area contributed by atoms with Crippen LogP contribution in [0.5, 0.6) is 0 Å². The maximum Gasteiger partial charge on any atom is 0.473 e. The largest absolute Gasteiger partial charge is 0.480 e. The summed E-state index contributed by atoms with van der Waals surface area (Å²) in [5.74, 6) is -1.17. The van der Waals surface area contributed by atoms with Gasteiger partial charge in [0.15, 0.2) is 5.25 Å². The van der Waals surface area contributed by atoms with Crippen molar-refractivity contribution >= 4 is 29.5 Å². The quantitative estimate of drug-likeness (QED) is 0.332. The zero-order valence-corrected chi connectivity index (χ0v) is 9.77. The summed E-state index contributed by atoms with van der Waals surface area (Å²) in [5.41, 5.74) is -2.33. The van der Waals surface area contributed by atoms with Gasteiger partial charge >= 0.3 is 11.6 Å². The standard InChI is InChI=1S/C7H6N2O6S2/c10-5(11)6-1-7(8(12)13,9(14)15)4-2(16-4)3(6)17-6/h2-4H,1H2,(H,10,11). The number of carboxylic acids is 1. The molecule has 4 atom stereocenters. The number of nitrogens with zero attached hydrogens (tertiary/aromatic N) is 2. The van der Waals surface area contributed by atoms with Gasteiger partial charge < -0.3 is 5.11 Å². The van der Waals surface area contributed by atoms with E-state index in [-0.39, 0.29) is 10.5 Å². The zero-order valence-electron chi connectivity index (χ0n) is 8.14. The molecule has 0 amide bonds.